The highest BCUT2D eigenvalue weighted by Crippen LogP contribution is 2.19. The average Bonchev–Trinajstić information content (AvgIpc) is 2.86. The van der Waals surface area contributed by atoms with Crippen molar-refractivity contribution in [3.05, 3.63) is 23.9 Å². The molecule has 1 aromatic heterocycles. The smallest absolute Gasteiger partial charge is 0.274 e. The van der Waals surface area contributed by atoms with Gasteiger partial charge in [0.25, 0.3) is 5.91 Å². The molecule has 0 saturated heterocycles. The first-order chi connectivity index (χ1) is 9.52. The number of H-pyrrole nitrogens is 1. The van der Waals surface area contributed by atoms with Gasteiger partial charge in [-0.25, -0.2) is 0 Å². The molecule has 0 aliphatic carbocycles. The van der Waals surface area contributed by atoms with Crippen molar-refractivity contribution in [1.29, 1.82) is 0 Å². The first-order valence-electron chi connectivity index (χ1n) is 6.22. The van der Waals surface area contributed by atoms with Crippen molar-refractivity contribution in [2.24, 2.45) is 0 Å². The minimum Gasteiger partial charge on any atom is -0.399 e. The molecule has 1 heterocycles. The fraction of sp³-hybridized carbons (Fsp3) is 0.308. The van der Waals surface area contributed by atoms with E-state index in [9.17, 15) is 9.59 Å². The summed E-state index contributed by atoms with van der Waals surface area (Å²) in [5.41, 5.74) is 7.36. The summed E-state index contributed by atoms with van der Waals surface area (Å²) in [6, 6.07) is 5.22. The molecule has 0 bridgehead atoms. The predicted octanol–water partition coefficient (Wildman–Crippen LogP) is 0.353. The van der Waals surface area contributed by atoms with Crippen LogP contribution in [0.4, 0.5) is 5.69 Å². The zero-order valence-electron chi connectivity index (χ0n) is 11.4. The summed E-state index contributed by atoms with van der Waals surface area (Å²) in [6.45, 7) is 0.329. The molecule has 4 N–H and O–H groups in total. The Bertz CT molecular complexity index is 649. The molecule has 0 radical (unpaired) electrons. The minimum atomic E-state index is -0.245. The van der Waals surface area contributed by atoms with Crippen LogP contribution in [0.2, 0.25) is 0 Å². The number of carbonyl (C=O) groups is 2. The first-order valence-corrected chi connectivity index (χ1v) is 6.22. The van der Waals surface area contributed by atoms with E-state index in [2.05, 4.69) is 15.5 Å². The van der Waals surface area contributed by atoms with Crippen molar-refractivity contribution in [1.82, 2.24) is 20.4 Å². The molecule has 106 valence electrons. The number of amides is 2. The maximum Gasteiger partial charge on any atom is 0.274 e. The molecule has 0 saturated carbocycles. The molecule has 0 aliphatic rings. The average molecular weight is 275 g/mol. The Hall–Kier alpha value is -2.57. The molecule has 1 aromatic carbocycles. The van der Waals surface area contributed by atoms with Crippen molar-refractivity contribution in [3.8, 4) is 0 Å². The topological polar surface area (TPSA) is 104 Å². The van der Waals surface area contributed by atoms with Gasteiger partial charge in [0.05, 0.1) is 5.52 Å². The van der Waals surface area contributed by atoms with Crippen molar-refractivity contribution in [3.63, 3.8) is 0 Å². The summed E-state index contributed by atoms with van der Waals surface area (Å²) in [6.07, 6.45) is 0.253. The van der Waals surface area contributed by atoms with Gasteiger partial charge >= 0.3 is 0 Å². The highest BCUT2D eigenvalue weighted by molar-refractivity contribution is 6.05. The number of carbonyl (C=O) groups excluding carboxylic acids is 2. The number of nitrogens with zero attached hydrogens (tertiary/aromatic N) is 2. The van der Waals surface area contributed by atoms with Crippen LogP contribution in [0.25, 0.3) is 10.9 Å². The minimum absolute atomic E-state index is 0.110. The zero-order chi connectivity index (χ0) is 14.7. The number of hydrogen-bond donors (Lipinski definition) is 3. The standard InChI is InChI=1S/C13H17N5O2/c1-15-11(19)5-6-18(2)13(20)12-9-7-8(14)3-4-10(9)16-17-12/h3-4,7H,5-6,14H2,1-2H3,(H,15,19)(H,16,17). The summed E-state index contributed by atoms with van der Waals surface area (Å²) in [5, 5.41) is 10.0. The van der Waals surface area contributed by atoms with Crippen LogP contribution in [0.3, 0.4) is 0 Å². The molecular weight excluding hydrogens is 258 g/mol. The number of aromatic amines is 1. The van der Waals surface area contributed by atoms with Gasteiger partial charge in [-0.05, 0) is 18.2 Å². The van der Waals surface area contributed by atoms with Gasteiger partial charge < -0.3 is 16.0 Å². The van der Waals surface area contributed by atoms with E-state index in [4.69, 9.17) is 5.73 Å². The van der Waals surface area contributed by atoms with Crippen molar-refractivity contribution in [2.75, 3.05) is 26.4 Å². The molecule has 0 aliphatic heterocycles. The van der Waals surface area contributed by atoms with E-state index in [-0.39, 0.29) is 18.2 Å². The number of nitrogens with one attached hydrogen (secondary N) is 2. The van der Waals surface area contributed by atoms with Crippen LogP contribution >= 0.6 is 0 Å². The number of fused-ring (bicyclic) bond motifs is 1. The number of nitrogen functional groups attached to an aromatic ring is 1. The van der Waals surface area contributed by atoms with E-state index in [1.54, 1.807) is 32.3 Å². The molecule has 0 atom stereocenters. The monoisotopic (exact) mass is 275 g/mol. The molecule has 2 rings (SSSR count). The van der Waals surface area contributed by atoms with E-state index in [0.717, 1.165) is 5.52 Å². The molecular formula is C13H17N5O2. The number of nitrogens with two attached hydrogens (primary N) is 1. The Morgan fingerprint density at radius 1 is 1.45 bits per heavy atom. The lowest BCUT2D eigenvalue weighted by atomic mass is 10.1. The largest absolute Gasteiger partial charge is 0.399 e. The lowest BCUT2D eigenvalue weighted by molar-refractivity contribution is -0.120. The van der Waals surface area contributed by atoms with Crippen molar-refractivity contribution >= 4 is 28.4 Å². The molecule has 7 nitrogen and oxygen atoms in total. The van der Waals surface area contributed by atoms with Gasteiger partial charge in [-0.3, -0.25) is 14.7 Å². The van der Waals surface area contributed by atoms with Gasteiger partial charge in [-0.15, -0.1) is 0 Å². The Balaban J connectivity index is 2.18. The van der Waals surface area contributed by atoms with Crippen LogP contribution < -0.4 is 11.1 Å². The van der Waals surface area contributed by atoms with Crippen LogP contribution in [0.1, 0.15) is 16.9 Å². The highest BCUT2D eigenvalue weighted by Gasteiger charge is 2.18. The van der Waals surface area contributed by atoms with Crippen LogP contribution in [0.5, 0.6) is 0 Å². The maximum atomic E-state index is 12.3. The van der Waals surface area contributed by atoms with E-state index in [1.165, 1.54) is 4.90 Å². The predicted molar refractivity (Wildman–Crippen MR) is 76.2 cm³/mol. The van der Waals surface area contributed by atoms with E-state index < -0.39 is 0 Å². The number of rotatable bonds is 4. The second-order valence-electron chi connectivity index (χ2n) is 4.53. The van der Waals surface area contributed by atoms with Crippen LogP contribution in [-0.4, -0.2) is 47.6 Å². The normalized spacial score (nSPS) is 10.5. The fourth-order valence-corrected chi connectivity index (χ4v) is 1.87. The second kappa shape index (κ2) is 5.60. The van der Waals surface area contributed by atoms with E-state index in [0.29, 0.717) is 23.3 Å². The third-order valence-corrected chi connectivity index (χ3v) is 3.09. The van der Waals surface area contributed by atoms with Gasteiger partial charge in [0, 0.05) is 38.1 Å². The molecule has 2 aromatic rings. The van der Waals surface area contributed by atoms with Gasteiger partial charge in [-0.2, -0.15) is 5.10 Å². The lowest BCUT2D eigenvalue weighted by Crippen LogP contribution is -2.31. The number of hydrogen-bond acceptors (Lipinski definition) is 4. The SMILES string of the molecule is CNC(=O)CCN(C)C(=O)c1n[nH]c2ccc(N)cc12. The number of aromatic nitrogens is 2. The van der Waals surface area contributed by atoms with E-state index in [1.807, 2.05) is 0 Å². The van der Waals surface area contributed by atoms with Crippen LogP contribution in [0, 0.1) is 0 Å². The summed E-state index contributed by atoms with van der Waals surface area (Å²) in [4.78, 5) is 25.0. The number of benzene rings is 1. The molecule has 2 amide bonds. The molecule has 0 unspecified atom stereocenters. The Morgan fingerprint density at radius 3 is 2.90 bits per heavy atom. The van der Waals surface area contributed by atoms with Crippen LogP contribution in [0.15, 0.2) is 18.2 Å². The van der Waals surface area contributed by atoms with Gasteiger partial charge in [-0.1, -0.05) is 0 Å². The summed E-state index contributed by atoms with van der Waals surface area (Å²) < 4.78 is 0. The zero-order valence-corrected chi connectivity index (χ0v) is 11.4. The van der Waals surface area contributed by atoms with Crippen molar-refractivity contribution in [2.45, 2.75) is 6.42 Å². The summed E-state index contributed by atoms with van der Waals surface area (Å²) >= 11 is 0. The Kier molecular flexibility index (Phi) is 3.88. The Morgan fingerprint density at radius 2 is 2.20 bits per heavy atom. The summed E-state index contributed by atoms with van der Waals surface area (Å²) in [7, 11) is 3.20. The third kappa shape index (κ3) is 2.71. The Labute approximate surface area is 116 Å². The quantitative estimate of drug-likeness (QED) is 0.700. The van der Waals surface area contributed by atoms with Gasteiger partial charge in [0.15, 0.2) is 5.69 Å². The second-order valence-corrected chi connectivity index (χ2v) is 4.53. The molecule has 0 fully saturated rings. The van der Waals surface area contributed by atoms with Crippen molar-refractivity contribution < 1.29 is 9.59 Å². The highest BCUT2D eigenvalue weighted by atomic mass is 16.2. The molecule has 20 heavy (non-hydrogen) atoms. The first kappa shape index (κ1) is 13.9. The fourth-order valence-electron chi connectivity index (χ4n) is 1.87. The number of anilines is 1. The lowest BCUT2D eigenvalue weighted by Gasteiger charge is -2.15. The van der Waals surface area contributed by atoms with Crippen LogP contribution in [-0.2, 0) is 4.79 Å². The molecule has 0 spiro atoms. The maximum absolute atomic E-state index is 12.3. The third-order valence-electron chi connectivity index (χ3n) is 3.09. The molecule has 7 heteroatoms. The van der Waals surface area contributed by atoms with Gasteiger partial charge in [0.2, 0.25) is 5.91 Å². The van der Waals surface area contributed by atoms with Gasteiger partial charge in [0.1, 0.15) is 0 Å². The van der Waals surface area contributed by atoms with E-state index >= 15 is 0 Å². The summed E-state index contributed by atoms with van der Waals surface area (Å²) in [5.74, 6) is -0.355.